The van der Waals surface area contributed by atoms with Crippen molar-refractivity contribution in [2.45, 2.75) is 0 Å². The van der Waals surface area contributed by atoms with Crippen molar-refractivity contribution in [1.29, 1.82) is 0 Å². The van der Waals surface area contributed by atoms with E-state index in [4.69, 9.17) is 8.22 Å². The highest BCUT2D eigenvalue weighted by Gasteiger charge is 2.18. The van der Waals surface area contributed by atoms with Crippen molar-refractivity contribution in [3.63, 3.8) is 0 Å². The van der Waals surface area contributed by atoms with Crippen molar-refractivity contribution in [2.75, 3.05) is 0 Å². The van der Waals surface area contributed by atoms with Crippen LogP contribution in [0.5, 0.6) is 0 Å². The normalized spacial score (nSPS) is 15.7. The van der Waals surface area contributed by atoms with E-state index in [1.807, 2.05) is 60.7 Å². The predicted molar refractivity (Wildman–Crippen MR) is 173 cm³/mol. The highest BCUT2D eigenvalue weighted by molar-refractivity contribution is 6.22. The molecule has 0 aliphatic rings. The lowest BCUT2D eigenvalue weighted by atomic mass is 9.83. The van der Waals surface area contributed by atoms with E-state index >= 15 is 0 Å². The molecule has 8 aromatic carbocycles. The molecule has 0 aromatic heterocycles. The molecule has 0 heterocycles. The maximum Gasteiger partial charge on any atom is 0.0629 e. The van der Waals surface area contributed by atoms with Gasteiger partial charge in [-0.2, -0.15) is 0 Å². The molecule has 0 aliphatic heterocycles. The molecule has 0 fully saturated rings. The van der Waals surface area contributed by atoms with Crippen LogP contribution in [0.1, 0.15) is 16.4 Å². The summed E-state index contributed by atoms with van der Waals surface area (Å²) in [5, 5.41) is 3.02. The Bertz CT molecular complexity index is 2800. The molecule has 40 heavy (non-hydrogen) atoms. The van der Waals surface area contributed by atoms with Gasteiger partial charge in [0.2, 0.25) is 0 Å². The predicted octanol–water partition coefficient (Wildman–Crippen LogP) is 11.3. The minimum Gasteiger partial charge on any atom is -0.0616 e. The van der Waals surface area contributed by atoms with Gasteiger partial charge in [0.05, 0.1) is 16.4 Å². The van der Waals surface area contributed by atoms with Crippen molar-refractivity contribution >= 4 is 43.1 Å². The summed E-state index contributed by atoms with van der Waals surface area (Å²) in [5.74, 6) is 0. The highest BCUT2D eigenvalue weighted by atomic mass is 14.2. The van der Waals surface area contributed by atoms with Crippen molar-refractivity contribution in [2.24, 2.45) is 0 Å². The molecule has 0 saturated heterocycles. The minimum absolute atomic E-state index is 0.0256. The lowest BCUT2D eigenvalue weighted by Gasteiger charge is -2.20. The topological polar surface area (TPSA) is 0 Å². The molecule has 0 bridgehead atoms. The number of hydrogen-bond acceptors (Lipinski definition) is 0. The minimum atomic E-state index is -0.605. The van der Waals surface area contributed by atoms with Crippen LogP contribution in [0.3, 0.4) is 0 Å². The summed E-state index contributed by atoms with van der Waals surface area (Å²) in [6.45, 7) is 0. The van der Waals surface area contributed by atoms with Crippen LogP contribution in [0.15, 0.2) is 157 Å². The van der Waals surface area contributed by atoms with Crippen LogP contribution in [0.4, 0.5) is 0 Å². The molecular formula is C40H26. The SMILES string of the molecule is [2H]c1c([2H])c([2H])c(-c2c3c([2H])c([2H])c([2H])c([2H])c3c(-c3ccc4ccccc4c3)c3c([2H])c([2H])c([2H])c([2H])c23)c(-c2ccc3ccccc3c2)c1[2H]. The molecule has 0 atom stereocenters. The quantitative estimate of drug-likeness (QED) is 0.204. The summed E-state index contributed by atoms with van der Waals surface area (Å²) in [7, 11) is 0. The molecule has 0 amide bonds. The number of fused-ring (bicyclic) bond motifs is 4. The lowest BCUT2D eigenvalue weighted by molar-refractivity contribution is 1.62. The monoisotopic (exact) mass is 518 g/mol. The fourth-order valence-corrected chi connectivity index (χ4v) is 5.57. The largest absolute Gasteiger partial charge is 0.0629 e. The van der Waals surface area contributed by atoms with E-state index in [0.29, 0.717) is 11.1 Å². The zero-order valence-corrected chi connectivity index (χ0v) is 21.1. The third-order valence-electron chi connectivity index (χ3n) is 7.39. The van der Waals surface area contributed by atoms with Gasteiger partial charge in [-0.25, -0.2) is 0 Å². The third-order valence-corrected chi connectivity index (χ3v) is 7.39. The first kappa shape index (κ1) is 13.7. The first-order chi connectivity index (χ1) is 24.8. The van der Waals surface area contributed by atoms with Crippen LogP contribution in [0, 0.1) is 0 Å². The van der Waals surface area contributed by atoms with E-state index in [2.05, 4.69) is 0 Å². The molecule has 0 heteroatoms. The summed E-state index contributed by atoms with van der Waals surface area (Å²) < 4.78 is 108. The summed E-state index contributed by atoms with van der Waals surface area (Å²) in [5.41, 5.74) is 0.742. The molecule has 0 aliphatic carbocycles. The Hall–Kier alpha value is -5.20. The summed E-state index contributed by atoms with van der Waals surface area (Å²) in [4.78, 5) is 0. The highest BCUT2D eigenvalue weighted by Crippen LogP contribution is 2.46. The Morgan fingerprint density at radius 3 is 1.35 bits per heavy atom. The van der Waals surface area contributed by atoms with Crippen LogP contribution >= 0.6 is 0 Å². The summed E-state index contributed by atoms with van der Waals surface area (Å²) in [6, 6.07) is 19.3. The van der Waals surface area contributed by atoms with Gasteiger partial charge in [-0.3, -0.25) is 0 Å². The van der Waals surface area contributed by atoms with E-state index in [1.54, 1.807) is 24.3 Å². The lowest BCUT2D eigenvalue weighted by Crippen LogP contribution is -1.92. The standard InChI is InChI=1S/C40H26/c1-3-13-29-25-31(23-21-27(29)11-1)33-15-5-6-16-34(33)40-37-19-9-7-17-35(37)39(36-18-8-10-20-38(36)40)32-24-22-28-12-2-4-14-30(28)26-32/h1-26H/i5D,6D,7D,8D,9D,10D,15D,16D,17D,18D,19D,20D. The zero-order valence-electron chi connectivity index (χ0n) is 33.1. The van der Waals surface area contributed by atoms with E-state index in [-0.39, 0.29) is 43.8 Å². The average molecular weight is 519 g/mol. The van der Waals surface area contributed by atoms with Gasteiger partial charge >= 0.3 is 0 Å². The van der Waals surface area contributed by atoms with Crippen LogP contribution in [-0.4, -0.2) is 0 Å². The van der Waals surface area contributed by atoms with Gasteiger partial charge in [-0.1, -0.05) is 145 Å². The molecule has 8 rings (SSSR count). The third kappa shape index (κ3) is 3.61. The van der Waals surface area contributed by atoms with Crippen LogP contribution < -0.4 is 0 Å². The molecule has 0 spiro atoms. The Labute approximate surface area is 250 Å². The molecule has 0 saturated carbocycles. The van der Waals surface area contributed by atoms with Crippen molar-refractivity contribution in [3.8, 4) is 33.4 Å². The van der Waals surface area contributed by atoms with Gasteiger partial charge in [0.15, 0.2) is 0 Å². The van der Waals surface area contributed by atoms with E-state index in [9.17, 15) is 8.22 Å². The first-order valence-corrected chi connectivity index (χ1v) is 12.9. The number of benzene rings is 8. The van der Waals surface area contributed by atoms with Gasteiger partial charge in [0, 0.05) is 0 Å². The van der Waals surface area contributed by atoms with Crippen LogP contribution in [0.2, 0.25) is 0 Å². The number of hydrogen-bond donors (Lipinski definition) is 0. The van der Waals surface area contributed by atoms with Crippen molar-refractivity contribution < 1.29 is 16.4 Å². The maximum atomic E-state index is 9.35. The Kier molecular flexibility index (Phi) is 3.17. The van der Waals surface area contributed by atoms with Crippen LogP contribution in [0.25, 0.3) is 76.5 Å². The molecule has 0 nitrogen and oxygen atoms in total. The second-order valence-electron chi connectivity index (χ2n) is 9.62. The number of rotatable bonds is 3. The Balaban J connectivity index is 1.70. The van der Waals surface area contributed by atoms with E-state index in [1.165, 1.54) is 0 Å². The van der Waals surface area contributed by atoms with Gasteiger partial charge in [-0.05, 0) is 88.6 Å². The van der Waals surface area contributed by atoms with E-state index < -0.39 is 72.5 Å². The molecule has 8 aromatic rings. The fourth-order valence-electron chi connectivity index (χ4n) is 5.57. The van der Waals surface area contributed by atoms with Gasteiger partial charge < -0.3 is 0 Å². The first-order valence-electron chi connectivity index (χ1n) is 18.9. The molecular weight excluding hydrogens is 480 g/mol. The molecule has 0 N–H and O–H groups in total. The molecule has 186 valence electrons. The van der Waals surface area contributed by atoms with E-state index in [0.717, 1.165) is 21.5 Å². The fraction of sp³-hybridized carbons (Fsp3) is 0. The van der Waals surface area contributed by atoms with Gasteiger partial charge in [0.25, 0.3) is 0 Å². The maximum absolute atomic E-state index is 9.35. The second kappa shape index (κ2) is 9.22. The van der Waals surface area contributed by atoms with Crippen molar-refractivity contribution in [3.05, 3.63) is 157 Å². The summed E-state index contributed by atoms with van der Waals surface area (Å²) >= 11 is 0. The van der Waals surface area contributed by atoms with Crippen molar-refractivity contribution in [1.82, 2.24) is 0 Å². The Morgan fingerprint density at radius 2 is 0.775 bits per heavy atom. The molecule has 0 radical (unpaired) electrons. The average Bonchev–Trinajstić information content (AvgIpc) is 3.16. The smallest absolute Gasteiger partial charge is 0.0616 e. The van der Waals surface area contributed by atoms with Gasteiger partial charge in [0.1, 0.15) is 0 Å². The van der Waals surface area contributed by atoms with Crippen LogP contribution in [-0.2, 0) is 0 Å². The molecule has 0 unspecified atom stereocenters. The second-order valence-corrected chi connectivity index (χ2v) is 9.62. The summed E-state index contributed by atoms with van der Waals surface area (Å²) in [6.07, 6.45) is 0. The van der Waals surface area contributed by atoms with Gasteiger partial charge in [-0.15, -0.1) is 0 Å². The Morgan fingerprint density at radius 1 is 0.350 bits per heavy atom. The zero-order chi connectivity index (χ0) is 36.9.